The van der Waals surface area contributed by atoms with Gasteiger partial charge in [0.2, 0.25) is 0 Å². The topological polar surface area (TPSA) is 40.6 Å². The summed E-state index contributed by atoms with van der Waals surface area (Å²) in [7, 11) is 0. The molecule has 1 aliphatic carbocycles. The average Bonchev–Trinajstić information content (AvgIpc) is 3.03. The molecule has 0 bridgehead atoms. The fraction of sp³-hybridized carbons (Fsp3) is 0.286. The van der Waals surface area contributed by atoms with E-state index >= 15 is 0 Å². The molecule has 3 aromatic rings. The predicted molar refractivity (Wildman–Crippen MR) is 131 cm³/mol. The molecule has 0 unspecified atom stereocenters. The Labute approximate surface area is 199 Å². The number of fused-ring (bicyclic) bond motifs is 1. The van der Waals surface area contributed by atoms with Crippen molar-refractivity contribution < 1.29 is 9.59 Å². The lowest BCUT2D eigenvalue weighted by molar-refractivity contribution is 0.0279. The van der Waals surface area contributed by atoms with Gasteiger partial charge in [-0.3, -0.25) is 19.4 Å². The van der Waals surface area contributed by atoms with E-state index in [4.69, 9.17) is 11.6 Å². The minimum atomic E-state index is -1.29. The molecular weight excluding hydrogens is 432 g/mol. The number of benzene rings is 3. The van der Waals surface area contributed by atoms with Crippen LogP contribution in [0.5, 0.6) is 0 Å². The zero-order valence-electron chi connectivity index (χ0n) is 19.0. The highest BCUT2D eigenvalue weighted by atomic mass is 35.5. The second-order valence-corrected chi connectivity index (χ2v) is 9.55. The number of aryl methyl sites for hydroxylation is 2. The molecule has 5 heteroatoms. The molecule has 33 heavy (non-hydrogen) atoms. The molecule has 5 rings (SSSR count). The fourth-order valence-electron chi connectivity index (χ4n) is 5.40. The molecule has 168 valence electrons. The standard InChI is InChI=1S/C28H27ClN2O2/c1-19-15-20(2)17-22(16-19)28(26(32)23-8-4-5-9-24(23)27(28)33)31-13-11-30(12-14-31)18-21-7-3-6-10-25(21)29/h3-10,15-17H,11-14,18H2,1-2H3. The van der Waals surface area contributed by atoms with Crippen LogP contribution in [0.1, 0.15) is 43.0 Å². The highest BCUT2D eigenvalue weighted by Gasteiger charge is 2.58. The number of halogens is 1. The third-order valence-electron chi connectivity index (χ3n) is 6.91. The summed E-state index contributed by atoms with van der Waals surface area (Å²) in [4.78, 5) is 32.4. The molecule has 0 amide bonds. The summed E-state index contributed by atoms with van der Waals surface area (Å²) in [5.74, 6) is -0.208. The molecule has 1 fully saturated rings. The largest absolute Gasteiger partial charge is 0.296 e. The first kappa shape index (κ1) is 22.0. The van der Waals surface area contributed by atoms with E-state index in [-0.39, 0.29) is 11.6 Å². The van der Waals surface area contributed by atoms with E-state index in [0.717, 1.165) is 46.9 Å². The molecule has 3 aromatic carbocycles. The average molecular weight is 459 g/mol. The molecule has 2 aliphatic rings. The third-order valence-corrected chi connectivity index (χ3v) is 7.28. The van der Waals surface area contributed by atoms with Crippen LogP contribution in [-0.4, -0.2) is 47.5 Å². The number of rotatable bonds is 4. The number of nitrogens with zero attached hydrogens (tertiary/aromatic N) is 2. The number of Topliss-reactive ketones (excluding diaryl/α,β-unsaturated/α-hetero) is 2. The Morgan fingerprint density at radius 1 is 0.788 bits per heavy atom. The summed E-state index contributed by atoms with van der Waals surface area (Å²) in [5, 5.41) is 0.767. The van der Waals surface area contributed by atoms with Crippen molar-refractivity contribution in [3.05, 3.63) is 105 Å². The lowest BCUT2D eigenvalue weighted by Crippen LogP contribution is -2.60. The van der Waals surface area contributed by atoms with Gasteiger partial charge in [-0.1, -0.05) is 83.4 Å². The van der Waals surface area contributed by atoms with Crippen molar-refractivity contribution in [2.24, 2.45) is 0 Å². The van der Waals surface area contributed by atoms with Crippen molar-refractivity contribution in [2.75, 3.05) is 26.2 Å². The summed E-state index contributed by atoms with van der Waals surface area (Å²) >= 11 is 6.37. The van der Waals surface area contributed by atoms with Crippen molar-refractivity contribution in [1.82, 2.24) is 9.80 Å². The van der Waals surface area contributed by atoms with Crippen LogP contribution in [0.25, 0.3) is 0 Å². The van der Waals surface area contributed by atoms with E-state index in [2.05, 4.69) is 15.9 Å². The van der Waals surface area contributed by atoms with Gasteiger partial charge >= 0.3 is 0 Å². The molecule has 0 N–H and O–H groups in total. The Morgan fingerprint density at radius 3 is 1.91 bits per heavy atom. The number of carbonyl (C=O) groups is 2. The first-order chi connectivity index (χ1) is 15.9. The fourth-order valence-corrected chi connectivity index (χ4v) is 5.59. The molecule has 0 atom stereocenters. The number of piperazine rings is 1. The van der Waals surface area contributed by atoms with E-state index in [9.17, 15) is 9.59 Å². The molecular formula is C28H27ClN2O2. The van der Waals surface area contributed by atoms with Crippen LogP contribution in [0.4, 0.5) is 0 Å². The maximum Gasteiger partial charge on any atom is 0.196 e. The van der Waals surface area contributed by atoms with E-state index in [1.54, 1.807) is 12.1 Å². The molecule has 1 aliphatic heterocycles. The Kier molecular flexibility index (Phi) is 5.69. The summed E-state index contributed by atoms with van der Waals surface area (Å²) in [6.45, 7) is 7.56. The van der Waals surface area contributed by atoms with E-state index < -0.39 is 5.54 Å². The highest BCUT2D eigenvalue weighted by molar-refractivity contribution is 6.33. The zero-order valence-corrected chi connectivity index (χ0v) is 19.7. The Morgan fingerprint density at radius 2 is 1.33 bits per heavy atom. The van der Waals surface area contributed by atoms with E-state index in [1.807, 2.05) is 62.4 Å². The number of hydrogen-bond donors (Lipinski definition) is 0. The van der Waals surface area contributed by atoms with E-state index in [0.29, 0.717) is 24.2 Å². The van der Waals surface area contributed by atoms with Gasteiger partial charge in [0.15, 0.2) is 17.1 Å². The Bertz CT molecular complexity index is 1190. The van der Waals surface area contributed by atoms with Gasteiger partial charge < -0.3 is 0 Å². The Balaban J connectivity index is 1.50. The van der Waals surface area contributed by atoms with Gasteiger partial charge in [0.25, 0.3) is 0 Å². The smallest absolute Gasteiger partial charge is 0.196 e. The van der Waals surface area contributed by atoms with Crippen LogP contribution in [-0.2, 0) is 12.1 Å². The van der Waals surface area contributed by atoms with Crippen molar-refractivity contribution >= 4 is 23.2 Å². The maximum absolute atomic E-state index is 14.0. The maximum atomic E-state index is 14.0. The lowest BCUT2D eigenvalue weighted by atomic mass is 9.81. The van der Waals surface area contributed by atoms with Crippen LogP contribution < -0.4 is 0 Å². The van der Waals surface area contributed by atoms with Gasteiger partial charge in [0.05, 0.1) is 0 Å². The van der Waals surface area contributed by atoms with E-state index in [1.165, 1.54) is 0 Å². The van der Waals surface area contributed by atoms with Gasteiger partial charge in [0, 0.05) is 48.9 Å². The molecule has 0 saturated carbocycles. The van der Waals surface area contributed by atoms with Crippen LogP contribution >= 0.6 is 11.6 Å². The van der Waals surface area contributed by atoms with Crippen LogP contribution in [0.2, 0.25) is 5.02 Å². The normalized spacial score (nSPS) is 18.5. The second kappa shape index (κ2) is 8.53. The van der Waals surface area contributed by atoms with Gasteiger partial charge in [0.1, 0.15) is 0 Å². The van der Waals surface area contributed by atoms with Gasteiger partial charge in [-0.2, -0.15) is 0 Å². The quantitative estimate of drug-likeness (QED) is 0.513. The van der Waals surface area contributed by atoms with Crippen LogP contribution in [0.15, 0.2) is 66.7 Å². The van der Waals surface area contributed by atoms with Gasteiger partial charge in [-0.05, 0) is 31.0 Å². The SMILES string of the molecule is Cc1cc(C)cc(C2(N3CCN(Cc4ccccc4Cl)CC3)C(=O)c3ccccc3C2=O)c1. The lowest BCUT2D eigenvalue weighted by Gasteiger charge is -2.44. The molecule has 1 heterocycles. The first-order valence-electron chi connectivity index (χ1n) is 11.4. The molecule has 0 radical (unpaired) electrons. The summed E-state index contributed by atoms with van der Waals surface area (Å²) in [5.41, 5.74) is 3.75. The molecule has 0 spiro atoms. The van der Waals surface area contributed by atoms with Gasteiger partial charge in [-0.15, -0.1) is 0 Å². The number of hydrogen-bond acceptors (Lipinski definition) is 4. The molecule has 4 nitrogen and oxygen atoms in total. The number of carbonyl (C=O) groups excluding carboxylic acids is 2. The van der Waals surface area contributed by atoms with Crippen molar-refractivity contribution in [1.29, 1.82) is 0 Å². The third kappa shape index (κ3) is 3.63. The van der Waals surface area contributed by atoms with Crippen molar-refractivity contribution in [3.8, 4) is 0 Å². The van der Waals surface area contributed by atoms with Crippen LogP contribution in [0.3, 0.4) is 0 Å². The molecule has 0 aromatic heterocycles. The van der Waals surface area contributed by atoms with Crippen LogP contribution in [0, 0.1) is 13.8 Å². The summed E-state index contributed by atoms with van der Waals surface area (Å²) < 4.78 is 0. The highest BCUT2D eigenvalue weighted by Crippen LogP contribution is 2.43. The zero-order chi connectivity index (χ0) is 23.2. The van der Waals surface area contributed by atoms with Gasteiger partial charge in [-0.25, -0.2) is 0 Å². The first-order valence-corrected chi connectivity index (χ1v) is 11.8. The monoisotopic (exact) mass is 458 g/mol. The summed E-state index contributed by atoms with van der Waals surface area (Å²) in [6.07, 6.45) is 0. The summed E-state index contributed by atoms with van der Waals surface area (Å²) in [6, 6.07) is 21.2. The predicted octanol–water partition coefficient (Wildman–Crippen LogP) is 5.05. The minimum absolute atomic E-state index is 0.104. The molecule has 1 saturated heterocycles. The minimum Gasteiger partial charge on any atom is -0.296 e. The number of ketones is 2. The second-order valence-electron chi connectivity index (χ2n) is 9.15. The van der Waals surface area contributed by atoms with Crippen molar-refractivity contribution in [3.63, 3.8) is 0 Å². The van der Waals surface area contributed by atoms with Crippen molar-refractivity contribution in [2.45, 2.75) is 25.9 Å². The Hall–Kier alpha value is -2.79.